The number of carbonyl (C=O) groups excluding carboxylic acids is 4. The fourth-order valence-corrected chi connectivity index (χ4v) is 2.17. The maximum Gasteiger partial charge on any atom is 0.235 e. The van der Waals surface area contributed by atoms with Crippen LogP contribution in [0.15, 0.2) is 0 Å². The van der Waals surface area contributed by atoms with Crippen LogP contribution < -0.4 is 0 Å². The lowest BCUT2D eigenvalue weighted by atomic mass is 9.78. The first-order valence-electron chi connectivity index (χ1n) is 5.99. The number of aliphatic hydroxyl groups excluding tert-OH is 3. The number of rotatable bonds is 7. The summed E-state index contributed by atoms with van der Waals surface area (Å²) < 4.78 is 0.0787. The largest absolute Gasteiger partial charge is 0.391 e. The van der Waals surface area contributed by atoms with E-state index in [1.54, 1.807) is 0 Å². The maximum absolute atomic E-state index is 12.1. The molecule has 0 aromatic rings. The number of nitrogens with zero attached hydrogens (tertiary/aromatic N) is 1. The van der Waals surface area contributed by atoms with Crippen molar-refractivity contribution in [3.05, 3.63) is 0 Å². The molecular weight excluding hydrogens is 306 g/mol. The minimum Gasteiger partial charge on any atom is -0.391 e. The van der Waals surface area contributed by atoms with Crippen molar-refractivity contribution in [2.24, 2.45) is 0 Å². The summed E-state index contributed by atoms with van der Waals surface area (Å²) in [7, 11) is 0. The Morgan fingerprint density at radius 1 is 1.05 bits per heavy atom. The fraction of sp³-hybridized carbons (Fsp3) is 0.667. The Labute approximate surface area is 126 Å². The van der Waals surface area contributed by atoms with Gasteiger partial charge in [0.25, 0.3) is 0 Å². The molecule has 9 heteroatoms. The van der Waals surface area contributed by atoms with Gasteiger partial charge in [-0.05, 0) is 13.8 Å². The number of carbonyl (C=O) groups is 4. The summed E-state index contributed by atoms with van der Waals surface area (Å²) in [4.78, 5) is 46.8. The molecule has 0 aliphatic heterocycles. The normalized spacial score (nSPS) is 18.1. The van der Waals surface area contributed by atoms with E-state index in [0.717, 1.165) is 27.7 Å². The van der Waals surface area contributed by atoms with Gasteiger partial charge < -0.3 is 15.3 Å². The highest BCUT2D eigenvalue weighted by molar-refractivity contribution is 6.47. The van der Waals surface area contributed by atoms with E-state index in [9.17, 15) is 34.5 Å². The van der Waals surface area contributed by atoms with Crippen LogP contribution in [0.1, 0.15) is 27.7 Å². The lowest BCUT2D eigenvalue weighted by Gasteiger charge is -2.40. The Morgan fingerprint density at radius 3 is 1.71 bits per heavy atom. The zero-order valence-corrected chi connectivity index (χ0v) is 12.8. The summed E-state index contributed by atoms with van der Waals surface area (Å²) >= 11 is 5.65. The van der Waals surface area contributed by atoms with E-state index >= 15 is 0 Å². The fourth-order valence-electron chi connectivity index (χ4n) is 1.87. The van der Waals surface area contributed by atoms with Crippen molar-refractivity contribution in [2.75, 3.05) is 0 Å². The van der Waals surface area contributed by atoms with Gasteiger partial charge in [0.1, 0.15) is 12.2 Å². The summed E-state index contributed by atoms with van der Waals surface area (Å²) in [5.41, 5.74) is -2.81. The molecule has 4 atom stereocenters. The van der Waals surface area contributed by atoms with Crippen LogP contribution in [0, 0.1) is 0 Å². The van der Waals surface area contributed by atoms with Crippen molar-refractivity contribution < 1.29 is 34.5 Å². The molecule has 0 saturated heterocycles. The molecule has 0 aromatic heterocycles. The Morgan fingerprint density at radius 2 is 1.48 bits per heavy atom. The summed E-state index contributed by atoms with van der Waals surface area (Å²) in [5, 5.41) is 29.2. The Hall–Kier alpha value is -1.35. The second kappa shape index (κ2) is 7.08. The topological polar surface area (TPSA) is 132 Å². The van der Waals surface area contributed by atoms with Crippen LogP contribution >= 0.6 is 11.8 Å². The Kier molecular flexibility index (Phi) is 6.62. The summed E-state index contributed by atoms with van der Waals surface area (Å²) in [5.74, 6) is -4.74. The quantitative estimate of drug-likeness (QED) is 0.297. The van der Waals surface area contributed by atoms with E-state index < -0.39 is 47.1 Å². The Balaban J connectivity index is 6.30. The van der Waals surface area contributed by atoms with Gasteiger partial charge in [-0.1, -0.05) is 0 Å². The number of Topliss-reactive ketones (excluding diaryl/α,β-unsaturated/α-hetero) is 3. The number of halogens is 1. The molecular formula is C12H18ClNO7. The zero-order chi connectivity index (χ0) is 17.1. The first kappa shape index (κ1) is 19.7. The second-order valence-corrected chi connectivity index (χ2v) is 5.02. The number of aliphatic hydroxyl groups is 3. The van der Waals surface area contributed by atoms with Gasteiger partial charge in [-0.15, -0.1) is 0 Å². The minimum atomic E-state index is -2.81. The van der Waals surface area contributed by atoms with E-state index in [1.807, 2.05) is 0 Å². The van der Waals surface area contributed by atoms with Crippen LogP contribution in [0.25, 0.3) is 0 Å². The molecule has 0 aliphatic carbocycles. The molecule has 0 bridgehead atoms. The summed E-state index contributed by atoms with van der Waals surface area (Å²) in [6.07, 6.45) is -5.82. The summed E-state index contributed by atoms with van der Waals surface area (Å²) in [6, 6.07) is 0. The molecule has 0 aliphatic rings. The molecule has 0 radical (unpaired) electrons. The van der Waals surface area contributed by atoms with Crippen LogP contribution in [-0.4, -0.2) is 66.8 Å². The van der Waals surface area contributed by atoms with Gasteiger partial charge in [0.05, 0.1) is 6.10 Å². The van der Waals surface area contributed by atoms with Crippen molar-refractivity contribution in [3.8, 4) is 0 Å². The maximum atomic E-state index is 12.1. The number of hydrogen-bond donors (Lipinski definition) is 3. The molecule has 120 valence electrons. The number of amides is 1. The molecule has 21 heavy (non-hydrogen) atoms. The smallest absolute Gasteiger partial charge is 0.235 e. The third-order valence-corrected chi connectivity index (χ3v) is 3.54. The van der Waals surface area contributed by atoms with Crippen LogP contribution in [0.4, 0.5) is 0 Å². The first-order chi connectivity index (χ1) is 9.42. The van der Waals surface area contributed by atoms with Gasteiger partial charge in [-0.3, -0.25) is 19.2 Å². The highest BCUT2D eigenvalue weighted by Crippen LogP contribution is 2.29. The molecule has 0 spiro atoms. The predicted octanol–water partition coefficient (Wildman–Crippen LogP) is -1.42. The molecule has 8 nitrogen and oxygen atoms in total. The standard InChI is InChI=1S/C12H18ClNO7/c1-5(15)9(19)11(21)12(7(3)17,10(20)6(2)16)14(13)8(4)18/h5,9,11,15,19,21H,1-4H3/t5-,9+,11+,12+/m1/s1. The van der Waals surface area contributed by atoms with Crippen molar-refractivity contribution in [1.82, 2.24) is 4.42 Å². The van der Waals surface area contributed by atoms with Gasteiger partial charge in [-0.2, -0.15) is 0 Å². The van der Waals surface area contributed by atoms with Gasteiger partial charge in [0.2, 0.25) is 17.2 Å². The molecule has 0 aromatic carbocycles. The average Bonchev–Trinajstić information content (AvgIpc) is 2.36. The van der Waals surface area contributed by atoms with Crippen molar-refractivity contribution in [3.63, 3.8) is 0 Å². The SMILES string of the molecule is CC(=O)C(=O)[C@@](C(C)=O)([C@@H](O)[C@@H](O)[C@@H](C)O)N(Cl)C(C)=O. The number of ketones is 3. The Bertz CT molecular complexity index is 465. The van der Waals surface area contributed by atoms with E-state index in [2.05, 4.69) is 0 Å². The highest BCUT2D eigenvalue weighted by Gasteiger charge is 2.59. The van der Waals surface area contributed by atoms with E-state index in [4.69, 9.17) is 11.8 Å². The molecule has 0 unspecified atom stereocenters. The lowest BCUT2D eigenvalue weighted by molar-refractivity contribution is -0.166. The van der Waals surface area contributed by atoms with Crippen LogP contribution in [0.5, 0.6) is 0 Å². The predicted molar refractivity (Wildman–Crippen MR) is 71.2 cm³/mol. The molecule has 1 amide bonds. The van der Waals surface area contributed by atoms with Gasteiger partial charge in [-0.25, -0.2) is 4.42 Å². The van der Waals surface area contributed by atoms with Gasteiger partial charge in [0.15, 0.2) is 11.6 Å². The first-order valence-corrected chi connectivity index (χ1v) is 6.33. The molecule has 3 N–H and O–H groups in total. The lowest BCUT2D eigenvalue weighted by Crippen LogP contribution is -2.69. The second-order valence-electron chi connectivity index (χ2n) is 4.68. The van der Waals surface area contributed by atoms with Gasteiger partial charge >= 0.3 is 0 Å². The van der Waals surface area contributed by atoms with Crippen molar-refractivity contribution >= 4 is 35.0 Å². The average molecular weight is 324 g/mol. The molecule has 0 saturated carbocycles. The molecule has 0 rings (SSSR count). The molecule has 0 fully saturated rings. The van der Waals surface area contributed by atoms with Crippen LogP contribution in [0.2, 0.25) is 0 Å². The van der Waals surface area contributed by atoms with Gasteiger partial charge in [0, 0.05) is 25.6 Å². The van der Waals surface area contributed by atoms with Crippen LogP contribution in [0.3, 0.4) is 0 Å². The third kappa shape index (κ3) is 3.46. The van der Waals surface area contributed by atoms with Crippen molar-refractivity contribution in [1.29, 1.82) is 0 Å². The monoisotopic (exact) mass is 323 g/mol. The summed E-state index contributed by atoms with van der Waals surface area (Å²) in [6.45, 7) is 3.65. The molecule has 0 heterocycles. The van der Waals surface area contributed by atoms with E-state index in [0.29, 0.717) is 0 Å². The van der Waals surface area contributed by atoms with E-state index in [-0.39, 0.29) is 4.42 Å². The van der Waals surface area contributed by atoms with Crippen LogP contribution in [-0.2, 0) is 19.2 Å². The van der Waals surface area contributed by atoms with E-state index in [1.165, 1.54) is 0 Å². The minimum absolute atomic E-state index is 0.0787. The van der Waals surface area contributed by atoms with Crippen molar-refractivity contribution in [2.45, 2.75) is 51.5 Å². The third-order valence-electron chi connectivity index (χ3n) is 3.03. The zero-order valence-electron chi connectivity index (χ0n) is 12.0. The number of hydrogen-bond acceptors (Lipinski definition) is 7. The highest BCUT2D eigenvalue weighted by atomic mass is 35.5.